The normalized spacial score (nSPS) is 10.2. The van der Waals surface area contributed by atoms with E-state index in [0.717, 1.165) is 11.1 Å². The fourth-order valence-corrected chi connectivity index (χ4v) is 3.75. The summed E-state index contributed by atoms with van der Waals surface area (Å²) in [5.74, 6) is 0. The zero-order chi connectivity index (χ0) is 23.7. The molecule has 3 aromatic carbocycles. The van der Waals surface area contributed by atoms with Gasteiger partial charge in [-0.3, -0.25) is 0 Å². The van der Waals surface area contributed by atoms with Gasteiger partial charge in [0.2, 0.25) is 22.3 Å². The van der Waals surface area contributed by atoms with Crippen LogP contribution < -0.4 is 11.1 Å². The molecule has 0 fully saturated rings. The van der Waals surface area contributed by atoms with Crippen molar-refractivity contribution in [3.05, 3.63) is 71.8 Å². The third kappa shape index (κ3) is 3.05. The molecule has 0 N–H and O–H groups in total. The summed E-state index contributed by atoms with van der Waals surface area (Å²) in [6.45, 7) is 0. The van der Waals surface area contributed by atoms with E-state index in [0.29, 0.717) is 22.2 Å². The molecule has 34 heavy (non-hydrogen) atoms. The molecule has 0 saturated heterocycles. The quantitative estimate of drug-likeness (QED) is 0.405. The van der Waals surface area contributed by atoms with Crippen LogP contribution in [0.15, 0.2) is 69.5 Å². The minimum absolute atomic E-state index is 0.153. The highest BCUT2D eigenvalue weighted by Gasteiger charge is 2.25. The molecule has 0 amide bonds. The maximum atomic E-state index is 9.36. The highest BCUT2D eigenvalue weighted by molar-refractivity contribution is 6.15. The molecule has 0 unspecified atom stereocenters. The van der Waals surface area contributed by atoms with Crippen molar-refractivity contribution < 1.29 is 8.83 Å². The first-order valence-corrected chi connectivity index (χ1v) is 9.93. The van der Waals surface area contributed by atoms with Gasteiger partial charge >= 0.3 is 0 Å². The van der Waals surface area contributed by atoms with E-state index >= 15 is 0 Å². The van der Waals surface area contributed by atoms with Gasteiger partial charge in [0.15, 0.2) is 11.1 Å². The smallest absolute Gasteiger partial charge is 0.249 e. The zero-order valence-corrected chi connectivity index (χ0v) is 17.3. The predicted octanol–water partition coefficient (Wildman–Crippen LogP) is 3.70. The first-order chi connectivity index (χ1) is 16.7. The van der Waals surface area contributed by atoms with Gasteiger partial charge in [-0.05, 0) is 11.1 Å². The third-order valence-electron chi connectivity index (χ3n) is 5.18. The van der Waals surface area contributed by atoms with Crippen LogP contribution in [-0.4, -0.2) is 9.97 Å². The maximum absolute atomic E-state index is 9.36. The molecule has 0 saturated carbocycles. The van der Waals surface area contributed by atoms with E-state index < -0.39 is 0 Å². The lowest BCUT2D eigenvalue weighted by molar-refractivity contribution is 0.531. The number of hydrogen-bond acceptors (Lipinski definition) is 8. The van der Waals surface area contributed by atoms with Crippen LogP contribution in [0.4, 0.5) is 0 Å². The molecule has 2 aromatic heterocycles. The molecule has 2 heterocycles. The van der Waals surface area contributed by atoms with E-state index in [4.69, 9.17) is 8.83 Å². The average molecular weight is 438 g/mol. The van der Waals surface area contributed by atoms with Crippen LogP contribution >= 0.6 is 0 Å². The van der Waals surface area contributed by atoms with E-state index in [1.54, 1.807) is 24.3 Å². The van der Waals surface area contributed by atoms with Crippen LogP contribution in [0.25, 0.3) is 55.6 Å². The number of aromatic nitrogens is 2. The molecule has 5 aromatic rings. The van der Waals surface area contributed by atoms with Crippen LogP contribution in [0, 0.1) is 45.3 Å². The summed E-state index contributed by atoms with van der Waals surface area (Å²) < 4.78 is 11.7. The Hall–Kier alpha value is -5.70. The van der Waals surface area contributed by atoms with Gasteiger partial charge in [-0.15, -0.1) is 0 Å². The zero-order valence-electron chi connectivity index (χ0n) is 17.3. The molecule has 156 valence electrons. The van der Waals surface area contributed by atoms with Gasteiger partial charge in [0.1, 0.15) is 35.3 Å². The average Bonchev–Trinajstić information content (AvgIpc) is 3.51. The predicted molar refractivity (Wildman–Crippen MR) is 121 cm³/mol. The number of hydrogen-bond donors (Lipinski definition) is 0. The van der Waals surface area contributed by atoms with Gasteiger partial charge in [0.25, 0.3) is 0 Å². The lowest BCUT2D eigenvalue weighted by atomic mass is 9.92. The summed E-state index contributed by atoms with van der Waals surface area (Å²) in [5, 5.41) is 37.4. The fraction of sp³-hybridized carbons (Fsp3) is 0. The highest BCUT2D eigenvalue weighted by atomic mass is 16.4. The summed E-state index contributed by atoms with van der Waals surface area (Å²) in [4.78, 5) is 8.98. The van der Waals surface area contributed by atoms with E-state index in [9.17, 15) is 21.0 Å². The van der Waals surface area contributed by atoms with Crippen LogP contribution in [0.2, 0.25) is 0 Å². The van der Waals surface area contributed by atoms with Crippen molar-refractivity contribution >= 4 is 33.3 Å². The second-order valence-corrected chi connectivity index (χ2v) is 7.07. The Bertz CT molecular complexity index is 1720. The van der Waals surface area contributed by atoms with Gasteiger partial charge < -0.3 is 8.83 Å². The highest BCUT2D eigenvalue weighted by Crippen LogP contribution is 2.42. The fourth-order valence-electron chi connectivity index (χ4n) is 3.75. The molecule has 0 atom stereocenters. The number of fused-ring (bicyclic) bond motifs is 3. The number of benzene rings is 3. The van der Waals surface area contributed by atoms with Crippen LogP contribution in [-0.2, 0) is 0 Å². The van der Waals surface area contributed by atoms with Gasteiger partial charge in [-0.2, -0.15) is 21.0 Å². The monoisotopic (exact) mass is 438 g/mol. The summed E-state index contributed by atoms with van der Waals surface area (Å²) in [6, 6.07) is 26.0. The Labute approximate surface area is 191 Å². The van der Waals surface area contributed by atoms with Gasteiger partial charge in [0, 0.05) is 11.1 Å². The summed E-state index contributed by atoms with van der Waals surface area (Å²) in [5.41, 5.74) is 2.97. The second kappa shape index (κ2) is 8.09. The van der Waals surface area contributed by atoms with Gasteiger partial charge in [-0.25, -0.2) is 9.97 Å². The molecule has 8 nitrogen and oxygen atoms in total. The number of nitrogens with zero attached hydrogens (tertiary/aromatic N) is 6. The molecule has 0 aliphatic carbocycles. The third-order valence-corrected chi connectivity index (χ3v) is 5.18. The van der Waals surface area contributed by atoms with Gasteiger partial charge in [-0.1, -0.05) is 60.7 Å². The SMILES string of the molecule is N#CC(C#N)=c1nc2c(-c3ccccc3)c(-c3ccccc3)c3nc(=C(C#N)C#N)oc3c2o1. The Balaban J connectivity index is 2.13. The topological polar surface area (TPSA) is 147 Å². The minimum atomic E-state index is -0.300. The van der Waals surface area contributed by atoms with E-state index in [1.165, 1.54) is 0 Å². The number of rotatable bonds is 2. The van der Waals surface area contributed by atoms with E-state index in [1.807, 2.05) is 60.7 Å². The molecule has 0 aliphatic heterocycles. The van der Waals surface area contributed by atoms with Crippen LogP contribution in [0.5, 0.6) is 0 Å². The molecule has 8 heteroatoms. The minimum Gasteiger partial charge on any atom is -0.431 e. The Morgan fingerprint density at radius 1 is 0.559 bits per heavy atom. The molecule has 0 radical (unpaired) electrons. The Morgan fingerprint density at radius 3 is 1.24 bits per heavy atom. The van der Waals surface area contributed by atoms with Crippen molar-refractivity contribution in [2.45, 2.75) is 0 Å². The Kier molecular flexibility index (Phi) is 4.81. The maximum Gasteiger partial charge on any atom is 0.249 e. The van der Waals surface area contributed by atoms with Crippen molar-refractivity contribution in [1.29, 1.82) is 21.0 Å². The molecule has 0 bridgehead atoms. The van der Waals surface area contributed by atoms with E-state index in [-0.39, 0.29) is 33.4 Å². The first-order valence-electron chi connectivity index (χ1n) is 9.93. The van der Waals surface area contributed by atoms with Crippen molar-refractivity contribution in [2.75, 3.05) is 0 Å². The second-order valence-electron chi connectivity index (χ2n) is 7.07. The standard InChI is InChI=1S/C26H10N6O2/c27-11-17(12-28)25-31-21-19(15-7-3-1-4-8-15)20(16-9-5-2-6-10-16)22-24(23(21)33-25)34-26(32-22)18(13-29)14-30/h1-10H. The van der Waals surface area contributed by atoms with Crippen LogP contribution in [0.1, 0.15) is 0 Å². The first kappa shape index (κ1) is 20.2. The molecule has 0 spiro atoms. The lowest BCUT2D eigenvalue weighted by Crippen LogP contribution is -2.04. The van der Waals surface area contributed by atoms with Crippen molar-refractivity contribution in [3.8, 4) is 46.5 Å². The lowest BCUT2D eigenvalue weighted by Gasteiger charge is -2.11. The number of nitriles is 4. The largest absolute Gasteiger partial charge is 0.431 e. The Morgan fingerprint density at radius 2 is 0.912 bits per heavy atom. The molecular weight excluding hydrogens is 428 g/mol. The van der Waals surface area contributed by atoms with E-state index in [2.05, 4.69) is 9.97 Å². The van der Waals surface area contributed by atoms with Crippen LogP contribution in [0.3, 0.4) is 0 Å². The summed E-state index contributed by atoms with van der Waals surface area (Å²) in [6.07, 6.45) is 0. The summed E-state index contributed by atoms with van der Waals surface area (Å²) in [7, 11) is 0. The number of oxazole rings is 2. The molecule has 0 aliphatic rings. The van der Waals surface area contributed by atoms with Crippen molar-refractivity contribution in [2.24, 2.45) is 0 Å². The molecule has 5 rings (SSSR count). The van der Waals surface area contributed by atoms with Crippen molar-refractivity contribution in [1.82, 2.24) is 9.97 Å². The summed E-state index contributed by atoms with van der Waals surface area (Å²) >= 11 is 0. The van der Waals surface area contributed by atoms with Crippen molar-refractivity contribution in [3.63, 3.8) is 0 Å². The van der Waals surface area contributed by atoms with Gasteiger partial charge in [0.05, 0.1) is 0 Å². The molecular formula is C26H10N6O2.